The Bertz CT molecular complexity index is 2040. The van der Waals surface area contributed by atoms with E-state index in [0.29, 0.717) is 0 Å². The Morgan fingerprint density at radius 2 is 0.951 bits per heavy atom. The molecule has 0 N–H and O–H groups in total. The molecular weight excluding hydrogens is 517 g/mol. The molecule has 0 bridgehead atoms. The van der Waals surface area contributed by atoms with E-state index in [9.17, 15) is 13.2 Å². The molecule has 0 aliphatic heterocycles. The third-order valence-electron chi connectivity index (χ3n) is 7.55. The van der Waals surface area contributed by atoms with Gasteiger partial charge in [-0.25, -0.2) is 0 Å². The van der Waals surface area contributed by atoms with Gasteiger partial charge in [-0.05, 0) is 90.0 Å². The van der Waals surface area contributed by atoms with Crippen molar-refractivity contribution in [1.29, 1.82) is 0 Å². The van der Waals surface area contributed by atoms with Crippen molar-refractivity contribution in [3.63, 3.8) is 0 Å². The van der Waals surface area contributed by atoms with Gasteiger partial charge in [-0.1, -0.05) is 115 Å². The molecule has 0 amide bonds. The highest BCUT2D eigenvalue weighted by Gasteiger charge is 2.31. The van der Waals surface area contributed by atoms with Crippen molar-refractivity contribution < 1.29 is 17.9 Å². The van der Waals surface area contributed by atoms with Gasteiger partial charge in [-0.2, -0.15) is 0 Å². The van der Waals surface area contributed by atoms with Crippen LogP contribution in [0.25, 0.3) is 65.7 Å². The Kier molecular flexibility index (Phi) is 5.97. The van der Waals surface area contributed by atoms with Crippen LogP contribution in [0, 0.1) is 0 Å². The number of ether oxygens (including phenoxy) is 1. The maximum Gasteiger partial charge on any atom is 0.573 e. The molecule has 41 heavy (non-hydrogen) atoms. The van der Waals surface area contributed by atoms with E-state index in [2.05, 4.69) is 77.5 Å². The van der Waals surface area contributed by atoms with Gasteiger partial charge in [0.2, 0.25) is 0 Å². The molecule has 1 nitrogen and oxygen atoms in total. The SMILES string of the molecule is FC(F)(F)Oc1ccc(-c2c3ccccc3c(-c3ccc4ccccc4c3)c3cc(-c4ccccc4)ccc23)cc1. The molecular formula is C37H23F3O. The minimum absolute atomic E-state index is 0.242. The Morgan fingerprint density at radius 3 is 1.66 bits per heavy atom. The molecule has 7 rings (SSSR count). The number of fused-ring (bicyclic) bond motifs is 3. The highest BCUT2D eigenvalue weighted by molar-refractivity contribution is 6.22. The first-order chi connectivity index (χ1) is 19.9. The van der Waals surface area contributed by atoms with E-state index in [1.807, 2.05) is 42.5 Å². The summed E-state index contributed by atoms with van der Waals surface area (Å²) in [4.78, 5) is 0. The van der Waals surface area contributed by atoms with Crippen LogP contribution < -0.4 is 4.74 Å². The molecule has 0 unspecified atom stereocenters. The summed E-state index contributed by atoms with van der Waals surface area (Å²) in [6.45, 7) is 0. The second-order valence-electron chi connectivity index (χ2n) is 10.1. The average Bonchev–Trinajstić information content (AvgIpc) is 2.99. The molecule has 0 atom stereocenters. The van der Waals surface area contributed by atoms with Crippen molar-refractivity contribution in [1.82, 2.24) is 0 Å². The van der Waals surface area contributed by atoms with Crippen LogP contribution in [-0.2, 0) is 0 Å². The first kappa shape index (κ1) is 24.9. The predicted octanol–water partition coefficient (Wildman–Crippen LogP) is 11.0. The van der Waals surface area contributed by atoms with E-state index in [0.717, 1.165) is 60.3 Å². The average molecular weight is 541 g/mol. The van der Waals surface area contributed by atoms with Gasteiger partial charge in [0.05, 0.1) is 0 Å². The van der Waals surface area contributed by atoms with Gasteiger partial charge in [-0.3, -0.25) is 0 Å². The number of hydrogen-bond acceptors (Lipinski definition) is 1. The lowest BCUT2D eigenvalue weighted by atomic mass is 9.84. The molecule has 0 radical (unpaired) electrons. The monoisotopic (exact) mass is 540 g/mol. The maximum absolute atomic E-state index is 12.8. The molecule has 0 spiro atoms. The molecule has 7 aromatic carbocycles. The molecule has 0 aromatic heterocycles. The number of alkyl halides is 3. The third kappa shape index (κ3) is 4.68. The van der Waals surface area contributed by atoms with Crippen molar-refractivity contribution >= 4 is 32.3 Å². The molecule has 0 saturated heterocycles. The van der Waals surface area contributed by atoms with Crippen LogP contribution in [0.5, 0.6) is 5.75 Å². The number of rotatable bonds is 4. The number of halogens is 3. The molecule has 0 saturated carbocycles. The second kappa shape index (κ2) is 9.83. The van der Waals surface area contributed by atoms with Crippen LogP contribution >= 0.6 is 0 Å². The van der Waals surface area contributed by atoms with Crippen molar-refractivity contribution in [2.75, 3.05) is 0 Å². The largest absolute Gasteiger partial charge is 0.573 e. The topological polar surface area (TPSA) is 9.23 Å². The lowest BCUT2D eigenvalue weighted by molar-refractivity contribution is -0.274. The van der Waals surface area contributed by atoms with E-state index >= 15 is 0 Å². The van der Waals surface area contributed by atoms with Crippen LogP contribution in [-0.4, -0.2) is 6.36 Å². The fourth-order valence-electron chi connectivity index (χ4n) is 5.78. The fraction of sp³-hybridized carbons (Fsp3) is 0.0270. The molecule has 4 heteroatoms. The van der Waals surface area contributed by atoms with Crippen molar-refractivity contribution in [2.24, 2.45) is 0 Å². The molecule has 0 fully saturated rings. The highest BCUT2D eigenvalue weighted by Crippen LogP contribution is 2.45. The maximum atomic E-state index is 12.8. The smallest absolute Gasteiger partial charge is 0.406 e. The van der Waals surface area contributed by atoms with Crippen LogP contribution in [0.4, 0.5) is 13.2 Å². The Labute approximate surface area is 235 Å². The minimum Gasteiger partial charge on any atom is -0.406 e. The molecule has 0 heterocycles. The molecule has 0 aliphatic rings. The fourth-order valence-corrected chi connectivity index (χ4v) is 5.78. The molecule has 7 aromatic rings. The van der Waals surface area contributed by atoms with E-state index < -0.39 is 6.36 Å². The summed E-state index contributed by atoms with van der Waals surface area (Å²) in [6, 6.07) is 46.0. The summed E-state index contributed by atoms with van der Waals surface area (Å²) in [5, 5.41) is 6.53. The highest BCUT2D eigenvalue weighted by atomic mass is 19.4. The van der Waals surface area contributed by atoms with Crippen LogP contribution in [0.15, 0.2) is 140 Å². The quantitative estimate of drug-likeness (QED) is 0.202. The van der Waals surface area contributed by atoms with Gasteiger partial charge in [0.1, 0.15) is 5.75 Å². The Hall–Kier alpha value is -5.09. The normalized spacial score (nSPS) is 11.8. The lowest BCUT2D eigenvalue weighted by Gasteiger charge is -2.19. The van der Waals surface area contributed by atoms with Crippen LogP contribution in [0.2, 0.25) is 0 Å². The summed E-state index contributed by atoms with van der Waals surface area (Å²) >= 11 is 0. The van der Waals surface area contributed by atoms with Crippen molar-refractivity contribution in [3.05, 3.63) is 140 Å². The van der Waals surface area contributed by atoms with E-state index in [1.165, 1.54) is 17.5 Å². The minimum atomic E-state index is -4.74. The van der Waals surface area contributed by atoms with E-state index in [1.54, 1.807) is 12.1 Å². The van der Waals surface area contributed by atoms with Gasteiger partial charge >= 0.3 is 6.36 Å². The third-order valence-corrected chi connectivity index (χ3v) is 7.55. The first-order valence-electron chi connectivity index (χ1n) is 13.3. The lowest BCUT2D eigenvalue weighted by Crippen LogP contribution is -2.16. The Morgan fingerprint density at radius 1 is 0.390 bits per heavy atom. The van der Waals surface area contributed by atoms with Crippen molar-refractivity contribution in [2.45, 2.75) is 6.36 Å². The first-order valence-corrected chi connectivity index (χ1v) is 13.3. The van der Waals surface area contributed by atoms with Gasteiger partial charge in [0.25, 0.3) is 0 Å². The summed E-state index contributed by atoms with van der Waals surface area (Å²) < 4.78 is 42.7. The zero-order valence-corrected chi connectivity index (χ0v) is 21.8. The zero-order chi connectivity index (χ0) is 28.0. The number of benzene rings is 7. The van der Waals surface area contributed by atoms with E-state index in [4.69, 9.17) is 0 Å². The summed E-state index contributed by atoms with van der Waals surface area (Å²) in [5.74, 6) is -0.242. The molecule has 0 aliphatic carbocycles. The van der Waals surface area contributed by atoms with Gasteiger partial charge in [0, 0.05) is 0 Å². The van der Waals surface area contributed by atoms with Crippen LogP contribution in [0.3, 0.4) is 0 Å². The summed E-state index contributed by atoms with van der Waals surface area (Å²) in [6.07, 6.45) is -4.74. The standard InChI is InChI=1S/C37H23F3O/c38-37(39,40)41-30-19-16-26(17-20-30)35-31-12-6-7-13-32(31)36(29-15-14-25-10-4-5-11-27(25)22-29)34-23-28(18-21-33(34)35)24-8-2-1-3-9-24/h1-23H. The summed E-state index contributed by atoms with van der Waals surface area (Å²) in [7, 11) is 0. The van der Waals surface area contributed by atoms with E-state index in [-0.39, 0.29) is 5.75 Å². The van der Waals surface area contributed by atoms with Gasteiger partial charge in [-0.15, -0.1) is 13.2 Å². The van der Waals surface area contributed by atoms with Crippen LogP contribution in [0.1, 0.15) is 0 Å². The van der Waals surface area contributed by atoms with Gasteiger partial charge < -0.3 is 4.74 Å². The second-order valence-corrected chi connectivity index (χ2v) is 10.1. The molecule has 198 valence electrons. The number of hydrogen-bond donors (Lipinski definition) is 0. The van der Waals surface area contributed by atoms with Gasteiger partial charge in [0.15, 0.2) is 0 Å². The predicted molar refractivity (Wildman–Crippen MR) is 162 cm³/mol. The van der Waals surface area contributed by atoms with Crippen molar-refractivity contribution in [3.8, 4) is 39.1 Å². The zero-order valence-electron chi connectivity index (χ0n) is 21.8. The Balaban J connectivity index is 1.54. The summed E-state index contributed by atoms with van der Waals surface area (Å²) in [5.41, 5.74) is 6.23.